The van der Waals surface area contributed by atoms with Crippen molar-refractivity contribution in [2.75, 3.05) is 7.11 Å². The Morgan fingerprint density at radius 2 is 1.95 bits per heavy atom. The quantitative estimate of drug-likeness (QED) is 0.907. The molecular formula is C16H20FNO. The van der Waals surface area contributed by atoms with Crippen LogP contribution < -0.4 is 10.5 Å². The standard InChI is InChI=1S/C16H20FNO/c1-19-10-4-5-11(12(17)7-10)16(18)15-13-8-2-3-9(6-8)14(13)15/h4-5,7-9,13-16H,2-3,6,18H2,1H3. The van der Waals surface area contributed by atoms with Crippen molar-refractivity contribution in [1.29, 1.82) is 0 Å². The molecule has 5 atom stereocenters. The van der Waals surface area contributed by atoms with Gasteiger partial charge in [0, 0.05) is 17.7 Å². The number of methoxy groups -OCH3 is 1. The molecule has 3 fully saturated rings. The van der Waals surface area contributed by atoms with Crippen LogP contribution in [0.4, 0.5) is 4.39 Å². The lowest BCUT2D eigenvalue weighted by Crippen LogP contribution is -2.18. The first kappa shape index (κ1) is 11.7. The molecule has 2 N–H and O–H groups in total. The maximum atomic E-state index is 14.1. The monoisotopic (exact) mass is 261 g/mol. The molecule has 3 saturated carbocycles. The Balaban J connectivity index is 1.57. The molecule has 102 valence electrons. The van der Waals surface area contributed by atoms with Crippen molar-refractivity contribution in [2.45, 2.75) is 25.3 Å². The van der Waals surface area contributed by atoms with Gasteiger partial charge in [0.2, 0.25) is 0 Å². The van der Waals surface area contributed by atoms with Crippen LogP contribution in [0.25, 0.3) is 0 Å². The summed E-state index contributed by atoms with van der Waals surface area (Å²) >= 11 is 0. The Kier molecular flexibility index (Phi) is 2.44. The summed E-state index contributed by atoms with van der Waals surface area (Å²) in [5, 5.41) is 0. The zero-order chi connectivity index (χ0) is 13.1. The number of fused-ring (bicyclic) bond motifs is 5. The third-order valence-corrected chi connectivity index (χ3v) is 5.78. The van der Waals surface area contributed by atoms with Crippen LogP contribution in [0.15, 0.2) is 18.2 Å². The topological polar surface area (TPSA) is 35.2 Å². The molecule has 3 aliphatic rings. The van der Waals surface area contributed by atoms with Crippen LogP contribution in [0.3, 0.4) is 0 Å². The van der Waals surface area contributed by atoms with Crippen molar-refractivity contribution in [1.82, 2.24) is 0 Å². The summed E-state index contributed by atoms with van der Waals surface area (Å²) in [6.45, 7) is 0. The molecule has 0 saturated heterocycles. The van der Waals surface area contributed by atoms with E-state index >= 15 is 0 Å². The van der Waals surface area contributed by atoms with Crippen LogP contribution in [-0.4, -0.2) is 7.11 Å². The van der Waals surface area contributed by atoms with E-state index in [4.69, 9.17) is 10.5 Å². The molecule has 19 heavy (non-hydrogen) atoms. The van der Waals surface area contributed by atoms with Crippen LogP contribution >= 0.6 is 0 Å². The van der Waals surface area contributed by atoms with Crippen LogP contribution in [0, 0.1) is 35.4 Å². The number of ether oxygens (including phenoxy) is 1. The van der Waals surface area contributed by atoms with Crippen LogP contribution in [-0.2, 0) is 0 Å². The molecule has 0 radical (unpaired) electrons. The normalized spacial score (nSPS) is 40.1. The van der Waals surface area contributed by atoms with Gasteiger partial charge in [-0.05, 0) is 54.9 Å². The Labute approximate surface area is 113 Å². The predicted octanol–water partition coefficient (Wildman–Crippen LogP) is 3.13. The van der Waals surface area contributed by atoms with Gasteiger partial charge in [-0.1, -0.05) is 6.07 Å². The van der Waals surface area contributed by atoms with Crippen molar-refractivity contribution in [3.63, 3.8) is 0 Å². The summed E-state index contributed by atoms with van der Waals surface area (Å²) in [6.07, 6.45) is 4.16. The first-order valence-corrected chi connectivity index (χ1v) is 7.29. The molecule has 2 nitrogen and oxygen atoms in total. The highest BCUT2D eigenvalue weighted by Gasteiger charge is 2.66. The minimum atomic E-state index is -0.218. The zero-order valence-electron chi connectivity index (χ0n) is 11.2. The van der Waals surface area contributed by atoms with E-state index in [0.717, 1.165) is 23.7 Å². The lowest BCUT2D eigenvalue weighted by Gasteiger charge is -2.17. The molecule has 0 spiro atoms. The SMILES string of the molecule is COc1ccc(C(N)C2C3C4CCC(C4)C32)c(F)c1. The summed E-state index contributed by atoms with van der Waals surface area (Å²) in [7, 11) is 1.55. The van der Waals surface area contributed by atoms with Gasteiger partial charge in [0.05, 0.1) is 7.11 Å². The smallest absolute Gasteiger partial charge is 0.131 e. The second-order valence-electron chi connectivity index (χ2n) is 6.48. The molecule has 0 amide bonds. The van der Waals surface area contributed by atoms with Gasteiger partial charge >= 0.3 is 0 Å². The van der Waals surface area contributed by atoms with Gasteiger partial charge in [0.25, 0.3) is 0 Å². The molecule has 1 aromatic carbocycles. The highest BCUT2D eigenvalue weighted by atomic mass is 19.1. The molecular weight excluding hydrogens is 241 g/mol. The largest absolute Gasteiger partial charge is 0.497 e. The van der Waals surface area contributed by atoms with E-state index in [0.29, 0.717) is 17.2 Å². The van der Waals surface area contributed by atoms with E-state index in [1.807, 2.05) is 6.07 Å². The maximum Gasteiger partial charge on any atom is 0.131 e. The fraction of sp³-hybridized carbons (Fsp3) is 0.625. The van der Waals surface area contributed by atoms with E-state index in [1.165, 1.54) is 25.3 Å². The average molecular weight is 261 g/mol. The van der Waals surface area contributed by atoms with E-state index in [-0.39, 0.29) is 11.9 Å². The summed E-state index contributed by atoms with van der Waals surface area (Å²) in [4.78, 5) is 0. The molecule has 0 heterocycles. The second kappa shape index (κ2) is 3.95. The summed E-state index contributed by atoms with van der Waals surface area (Å²) in [5.41, 5.74) is 7.02. The van der Waals surface area contributed by atoms with E-state index in [2.05, 4.69) is 0 Å². The average Bonchev–Trinajstić information content (AvgIpc) is 2.86. The number of hydrogen-bond acceptors (Lipinski definition) is 2. The number of nitrogens with two attached hydrogens (primary N) is 1. The van der Waals surface area contributed by atoms with Gasteiger partial charge in [-0.15, -0.1) is 0 Å². The molecule has 1 aromatic rings. The van der Waals surface area contributed by atoms with E-state index < -0.39 is 0 Å². The lowest BCUT2D eigenvalue weighted by atomic mass is 9.93. The Morgan fingerprint density at radius 3 is 2.53 bits per heavy atom. The molecule has 5 unspecified atom stereocenters. The molecule has 4 rings (SSSR count). The molecule has 3 aliphatic carbocycles. The summed E-state index contributed by atoms with van der Waals surface area (Å²) in [5.74, 6) is 4.20. The van der Waals surface area contributed by atoms with Crippen molar-refractivity contribution < 1.29 is 9.13 Å². The fourth-order valence-electron chi connectivity index (χ4n) is 4.99. The molecule has 2 bridgehead atoms. The van der Waals surface area contributed by atoms with Crippen molar-refractivity contribution in [3.05, 3.63) is 29.6 Å². The highest BCUT2D eigenvalue weighted by Crippen LogP contribution is 2.71. The van der Waals surface area contributed by atoms with Gasteiger partial charge in [0.1, 0.15) is 11.6 Å². The Bertz CT molecular complexity index is 501. The molecule has 0 aromatic heterocycles. The number of rotatable bonds is 3. The van der Waals surface area contributed by atoms with Gasteiger partial charge in [-0.3, -0.25) is 0 Å². The second-order valence-corrected chi connectivity index (χ2v) is 6.48. The number of hydrogen-bond donors (Lipinski definition) is 1. The molecule has 3 heteroatoms. The zero-order valence-corrected chi connectivity index (χ0v) is 11.2. The van der Waals surface area contributed by atoms with Crippen molar-refractivity contribution in [3.8, 4) is 5.75 Å². The minimum absolute atomic E-state index is 0.135. The van der Waals surface area contributed by atoms with E-state index in [1.54, 1.807) is 13.2 Å². The fourth-order valence-corrected chi connectivity index (χ4v) is 4.99. The van der Waals surface area contributed by atoms with E-state index in [9.17, 15) is 4.39 Å². The number of halogens is 1. The van der Waals surface area contributed by atoms with Crippen LogP contribution in [0.1, 0.15) is 30.9 Å². The van der Waals surface area contributed by atoms with Gasteiger partial charge < -0.3 is 10.5 Å². The lowest BCUT2D eigenvalue weighted by molar-refractivity contribution is 0.400. The predicted molar refractivity (Wildman–Crippen MR) is 71.2 cm³/mol. The first-order valence-electron chi connectivity index (χ1n) is 7.29. The minimum Gasteiger partial charge on any atom is -0.497 e. The van der Waals surface area contributed by atoms with Crippen LogP contribution in [0.2, 0.25) is 0 Å². The van der Waals surface area contributed by atoms with Gasteiger partial charge in [-0.25, -0.2) is 4.39 Å². The molecule has 0 aliphatic heterocycles. The summed E-state index contributed by atoms with van der Waals surface area (Å²) in [6, 6.07) is 4.92. The third-order valence-electron chi connectivity index (χ3n) is 5.78. The van der Waals surface area contributed by atoms with Gasteiger partial charge in [-0.2, -0.15) is 0 Å². The third kappa shape index (κ3) is 1.57. The van der Waals surface area contributed by atoms with Gasteiger partial charge in [0.15, 0.2) is 0 Å². The first-order chi connectivity index (χ1) is 9.20. The Morgan fingerprint density at radius 1 is 1.26 bits per heavy atom. The number of benzene rings is 1. The van der Waals surface area contributed by atoms with Crippen molar-refractivity contribution >= 4 is 0 Å². The van der Waals surface area contributed by atoms with Crippen molar-refractivity contribution in [2.24, 2.45) is 35.3 Å². The Hall–Kier alpha value is -1.09. The highest BCUT2D eigenvalue weighted by molar-refractivity contribution is 5.33. The maximum absolute atomic E-state index is 14.1. The summed E-state index contributed by atoms with van der Waals surface area (Å²) < 4.78 is 19.1. The van der Waals surface area contributed by atoms with Crippen LogP contribution in [0.5, 0.6) is 5.75 Å².